The molecule has 1 amide bonds. The standard InChI is InChI=1S/C22H21ClN4O/c1-26-12-17-11-16(26)13-27(17)15-6-4-14(5-7-15)22(28)25-20-9-8-19(23)21-18(20)3-2-10-24-21/h2-10,16-17H,11-13H2,1H3,(H,25,28). The molecule has 5 nitrogen and oxygen atoms in total. The lowest BCUT2D eigenvalue weighted by Crippen LogP contribution is -2.44. The van der Waals surface area contributed by atoms with Gasteiger partial charge >= 0.3 is 0 Å². The van der Waals surface area contributed by atoms with E-state index in [2.05, 4.69) is 39.3 Å². The van der Waals surface area contributed by atoms with Crippen molar-refractivity contribution in [3.05, 3.63) is 65.3 Å². The average molecular weight is 393 g/mol. The summed E-state index contributed by atoms with van der Waals surface area (Å²) in [4.78, 5) is 22.0. The molecular formula is C22H21ClN4O. The van der Waals surface area contributed by atoms with Gasteiger partial charge in [-0.05, 0) is 62.0 Å². The summed E-state index contributed by atoms with van der Waals surface area (Å²) in [5, 5.41) is 4.40. The van der Waals surface area contributed by atoms with Crippen LogP contribution in [0.4, 0.5) is 11.4 Å². The fraction of sp³-hybridized carbons (Fsp3) is 0.273. The SMILES string of the molecule is CN1CC2CC1CN2c1ccc(C(=O)Nc2ccc(Cl)c3ncccc23)cc1. The predicted octanol–water partition coefficient (Wildman–Crippen LogP) is 4.03. The molecule has 3 aromatic rings. The Morgan fingerprint density at radius 3 is 2.64 bits per heavy atom. The van der Waals surface area contributed by atoms with E-state index in [-0.39, 0.29) is 5.91 Å². The number of carbonyl (C=O) groups excluding carboxylic acids is 1. The van der Waals surface area contributed by atoms with Crippen LogP contribution in [-0.2, 0) is 0 Å². The maximum absolute atomic E-state index is 12.8. The number of fused-ring (bicyclic) bond motifs is 3. The van der Waals surface area contributed by atoms with Crippen LogP contribution in [0, 0.1) is 0 Å². The number of anilines is 2. The number of likely N-dealkylation sites (N-methyl/N-ethyl adjacent to an activating group) is 1. The molecule has 5 rings (SSSR count). The summed E-state index contributed by atoms with van der Waals surface area (Å²) >= 11 is 6.22. The molecular weight excluding hydrogens is 372 g/mol. The van der Waals surface area contributed by atoms with Gasteiger partial charge in [0.15, 0.2) is 0 Å². The third-order valence-electron chi connectivity index (χ3n) is 5.94. The molecule has 0 saturated carbocycles. The molecule has 0 spiro atoms. The van der Waals surface area contributed by atoms with Crippen molar-refractivity contribution in [1.29, 1.82) is 0 Å². The summed E-state index contributed by atoms with van der Waals surface area (Å²) in [6, 6.07) is 16.5. The molecule has 2 aromatic carbocycles. The van der Waals surface area contributed by atoms with Crippen LogP contribution in [0.25, 0.3) is 10.9 Å². The molecule has 1 aromatic heterocycles. The average Bonchev–Trinajstić information content (AvgIpc) is 3.30. The number of nitrogens with one attached hydrogen (secondary N) is 1. The molecule has 1 N–H and O–H groups in total. The Labute approximate surface area is 168 Å². The number of hydrogen-bond donors (Lipinski definition) is 1. The Kier molecular flexibility index (Phi) is 4.22. The normalized spacial score (nSPS) is 21.4. The van der Waals surface area contributed by atoms with Gasteiger partial charge in [0.05, 0.1) is 16.2 Å². The fourth-order valence-corrected chi connectivity index (χ4v) is 4.64. The van der Waals surface area contributed by atoms with Crippen molar-refractivity contribution >= 4 is 39.8 Å². The Balaban J connectivity index is 1.35. The van der Waals surface area contributed by atoms with Gasteiger partial charge in [-0.2, -0.15) is 0 Å². The Morgan fingerprint density at radius 2 is 1.93 bits per heavy atom. The summed E-state index contributed by atoms with van der Waals surface area (Å²) in [5.74, 6) is -0.137. The van der Waals surface area contributed by atoms with Gasteiger partial charge < -0.3 is 10.2 Å². The van der Waals surface area contributed by atoms with Crippen molar-refractivity contribution in [2.45, 2.75) is 18.5 Å². The smallest absolute Gasteiger partial charge is 0.255 e. The van der Waals surface area contributed by atoms with Crippen LogP contribution in [-0.4, -0.2) is 48.0 Å². The van der Waals surface area contributed by atoms with Crippen molar-refractivity contribution in [1.82, 2.24) is 9.88 Å². The molecule has 142 valence electrons. The number of likely N-dealkylation sites (tertiary alicyclic amines) is 1. The lowest BCUT2D eigenvalue weighted by atomic mass is 10.1. The van der Waals surface area contributed by atoms with Crippen LogP contribution in [0.1, 0.15) is 16.8 Å². The van der Waals surface area contributed by atoms with Crippen LogP contribution < -0.4 is 10.2 Å². The summed E-state index contributed by atoms with van der Waals surface area (Å²) in [5.41, 5.74) is 3.23. The molecule has 28 heavy (non-hydrogen) atoms. The number of amides is 1. The highest BCUT2D eigenvalue weighted by Crippen LogP contribution is 2.34. The fourth-order valence-electron chi connectivity index (χ4n) is 4.43. The quantitative estimate of drug-likeness (QED) is 0.731. The number of rotatable bonds is 3. The molecule has 0 aliphatic carbocycles. The molecule has 2 atom stereocenters. The van der Waals surface area contributed by atoms with Crippen molar-refractivity contribution in [2.24, 2.45) is 0 Å². The zero-order valence-corrected chi connectivity index (χ0v) is 16.4. The number of aromatic nitrogens is 1. The third-order valence-corrected chi connectivity index (χ3v) is 6.25. The topological polar surface area (TPSA) is 48.5 Å². The highest BCUT2D eigenvalue weighted by Gasteiger charge is 2.41. The Hall–Kier alpha value is -2.63. The summed E-state index contributed by atoms with van der Waals surface area (Å²) in [6.07, 6.45) is 2.93. The van der Waals surface area contributed by atoms with Crippen LogP contribution in [0.15, 0.2) is 54.7 Å². The van der Waals surface area contributed by atoms with Gasteiger partial charge in [-0.25, -0.2) is 0 Å². The lowest BCUT2D eigenvalue weighted by molar-refractivity contribution is 0.102. The van der Waals surface area contributed by atoms with E-state index in [9.17, 15) is 4.79 Å². The van der Waals surface area contributed by atoms with E-state index in [1.165, 1.54) is 12.1 Å². The third kappa shape index (κ3) is 2.91. The van der Waals surface area contributed by atoms with Crippen molar-refractivity contribution in [3.8, 4) is 0 Å². The predicted molar refractivity (Wildman–Crippen MR) is 113 cm³/mol. The number of carbonyl (C=O) groups is 1. The minimum Gasteiger partial charge on any atom is -0.366 e. The first kappa shape index (κ1) is 17.5. The van der Waals surface area contributed by atoms with E-state index in [1.807, 2.05) is 30.3 Å². The van der Waals surface area contributed by atoms with E-state index < -0.39 is 0 Å². The van der Waals surface area contributed by atoms with Gasteiger partial charge in [-0.3, -0.25) is 14.7 Å². The zero-order chi connectivity index (χ0) is 19.3. The lowest BCUT2D eigenvalue weighted by Gasteiger charge is -2.33. The molecule has 2 bridgehead atoms. The summed E-state index contributed by atoms with van der Waals surface area (Å²) in [6.45, 7) is 2.18. The largest absolute Gasteiger partial charge is 0.366 e. The van der Waals surface area contributed by atoms with Crippen molar-refractivity contribution in [2.75, 3.05) is 30.4 Å². The maximum Gasteiger partial charge on any atom is 0.255 e. The monoisotopic (exact) mass is 392 g/mol. The van der Waals surface area contributed by atoms with E-state index in [0.29, 0.717) is 33.9 Å². The Morgan fingerprint density at radius 1 is 1.11 bits per heavy atom. The van der Waals surface area contributed by atoms with Crippen LogP contribution in [0.3, 0.4) is 0 Å². The molecule has 2 fully saturated rings. The second-order valence-corrected chi connectivity index (χ2v) is 8.04. The van der Waals surface area contributed by atoms with Crippen molar-refractivity contribution < 1.29 is 4.79 Å². The number of hydrogen-bond acceptors (Lipinski definition) is 4. The van der Waals surface area contributed by atoms with Crippen molar-refractivity contribution in [3.63, 3.8) is 0 Å². The number of pyridine rings is 1. The van der Waals surface area contributed by atoms with Gasteiger partial charge in [-0.1, -0.05) is 11.6 Å². The van der Waals surface area contributed by atoms with Crippen LogP contribution in [0.5, 0.6) is 0 Å². The molecule has 2 aliphatic heterocycles. The number of benzene rings is 2. The number of piperazine rings is 1. The van der Waals surface area contributed by atoms with Gasteiger partial charge in [0.2, 0.25) is 0 Å². The van der Waals surface area contributed by atoms with Crippen LogP contribution in [0.2, 0.25) is 5.02 Å². The number of halogens is 1. The second-order valence-electron chi connectivity index (χ2n) is 7.63. The first-order valence-electron chi connectivity index (χ1n) is 9.51. The van der Waals surface area contributed by atoms with Crippen LogP contribution >= 0.6 is 11.6 Å². The Bertz CT molecular complexity index is 1050. The zero-order valence-electron chi connectivity index (χ0n) is 15.6. The first-order valence-corrected chi connectivity index (χ1v) is 9.89. The van der Waals surface area contributed by atoms with E-state index >= 15 is 0 Å². The molecule has 3 heterocycles. The van der Waals surface area contributed by atoms with Gasteiger partial charge in [0, 0.05) is 48.0 Å². The van der Waals surface area contributed by atoms with Gasteiger partial charge in [0.1, 0.15) is 0 Å². The van der Waals surface area contributed by atoms with E-state index in [1.54, 1.807) is 12.3 Å². The highest BCUT2D eigenvalue weighted by atomic mass is 35.5. The van der Waals surface area contributed by atoms with E-state index in [0.717, 1.165) is 18.5 Å². The molecule has 6 heteroatoms. The minimum atomic E-state index is -0.137. The second kappa shape index (κ2) is 6.76. The highest BCUT2D eigenvalue weighted by molar-refractivity contribution is 6.35. The minimum absolute atomic E-state index is 0.137. The molecule has 0 radical (unpaired) electrons. The first-order chi connectivity index (χ1) is 13.6. The molecule has 2 saturated heterocycles. The van der Waals surface area contributed by atoms with Gasteiger partial charge in [0.25, 0.3) is 5.91 Å². The maximum atomic E-state index is 12.8. The van der Waals surface area contributed by atoms with Gasteiger partial charge in [-0.15, -0.1) is 0 Å². The molecule has 2 aliphatic rings. The summed E-state index contributed by atoms with van der Waals surface area (Å²) in [7, 11) is 2.20. The van der Waals surface area contributed by atoms with E-state index in [4.69, 9.17) is 11.6 Å². The number of nitrogens with zero attached hydrogens (tertiary/aromatic N) is 3. The molecule has 2 unspecified atom stereocenters. The summed E-state index contributed by atoms with van der Waals surface area (Å²) < 4.78 is 0.